The van der Waals surface area contributed by atoms with Gasteiger partial charge in [-0.05, 0) is 45.8 Å². The minimum absolute atomic E-state index is 0.129. The Morgan fingerprint density at radius 2 is 1.94 bits per heavy atom. The molecule has 104 valence electrons. The summed E-state index contributed by atoms with van der Waals surface area (Å²) in [6, 6.07) is 2.18. The van der Waals surface area contributed by atoms with Crippen molar-refractivity contribution in [1.29, 1.82) is 5.26 Å². The van der Waals surface area contributed by atoms with Gasteiger partial charge in [-0.25, -0.2) is 0 Å². The summed E-state index contributed by atoms with van der Waals surface area (Å²) < 4.78 is 0. The van der Waals surface area contributed by atoms with Crippen LogP contribution in [0.1, 0.15) is 47.0 Å². The minimum Gasteiger partial charge on any atom is -0.353 e. The standard InChI is InChI=1S/C14H27N3O/c1-5-13(11-15)14(18)16-12(4)9-8-10-17(6-2)7-3/h12-13H,5-10H2,1-4H3,(H,16,18). The summed E-state index contributed by atoms with van der Waals surface area (Å²) in [5, 5.41) is 11.7. The molecule has 2 unspecified atom stereocenters. The van der Waals surface area contributed by atoms with Crippen LogP contribution in [0.2, 0.25) is 0 Å². The molecular weight excluding hydrogens is 226 g/mol. The zero-order valence-corrected chi connectivity index (χ0v) is 12.2. The van der Waals surface area contributed by atoms with Gasteiger partial charge in [0, 0.05) is 6.04 Å². The van der Waals surface area contributed by atoms with Crippen LogP contribution in [0.3, 0.4) is 0 Å². The highest BCUT2D eigenvalue weighted by atomic mass is 16.1. The topological polar surface area (TPSA) is 56.1 Å². The zero-order chi connectivity index (χ0) is 14.0. The fraction of sp³-hybridized carbons (Fsp3) is 0.857. The van der Waals surface area contributed by atoms with E-state index in [0.717, 1.165) is 32.5 Å². The van der Waals surface area contributed by atoms with Crippen molar-refractivity contribution in [3.8, 4) is 6.07 Å². The molecule has 0 aliphatic carbocycles. The van der Waals surface area contributed by atoms with Crippen LogP contribution in [0.4, 0.5) is 0 Å². The van der Waals surface area contributed by atoms with E-state index < -0.39 is 5.92 Å². The van der Waals surface area contributed by atoms with E-state index in [1.807, 2.05) is 19.9 Å². The Kier molecular flexibility index (Phi) is 9.31. The number of carbonyl (C=O) groups is 1. The van der Waals surface area contributed by atoms with Crippen LogP contribution >= 0.6 is 0 Å². The number of nitrogens with zero attached hydrogens (tertiary/aromatic N) is 2. The molecule has 0 aromatic rings. The van der Waals surface area contributed by atoms with Crippen LogP contribution < -0.4 is 5.32 Å². The number of nitriles is 1. The monoisotopic (exact) mass is 253 g/mol. The largest absolute Gasteiger partial charge is 0.353 e. The average Bonchev–Trinajstić information content (AvgIpc) is 2.36. The van der Waals surface area contributed by atoms with Crippen molar-refractivity contribution in [2.45, 2.75) is 53.0 Å². The molecule has 1 amide bonds. The summed E-state index contributed by atoms with van der Waals surface area (Å²) in [6.45, 7) is 11.4. The normalized spacial score (nSPS) is 14.0. The first-order valence-electron chi connectivity index (χ1n) is 7.01. The summed E-state index contributed by atoms with van der Waals surface area (Å²) >= 11 is 0. The van der Waals surface area contributed by atoms with Gasteiger partial charge in [0.25, 0.3) is 0 Å². The van der Waals surface area contributed by atoms with Gasteiger partial charge in [0.2, 0.25) is 5.91 Å². The smallest absolute Gasteiger partial charge is 0.237 e. The van der Waals surface area contributed by atoms with Crippen molar-refractivity contribution in [3.63, 3.8) is 0 Å². The Morgan fingerprint density at radius 1 is 1.33 bits per heavy atom. The van der Waals surface area contributed by atoms with Crippen molar-refractivity contribution in [2.24, 2.45) is 5.92 Å². The molecular formula is C14H27N3O. The molecule has 0 saturated heterocycles. The number of carbonyl (C=O) groups excluding carboxylic acids is 1. The highest BCUT2D eigenvalue weighted by molar-refractivity contribution is 5.81. The predicted octanol–water partition coefficient (Wildman–Crippen LogP) is 2.16. The summed E-state index contributed by atoms with van der Waals surface area (Å²) in [5.41, 5.74) is 0. The summed E-state index contributed by atoms with van der Waals surface area (Å²) in [4.78, 5) is 14.1. The molecule has 18 heavy (non-hydrogen) atoms. The summed E-state index contributed by atoms with van der Waals surface area (Å²) in [6.07, 6.45) is 2.62. The maximum absolute atomic E-state index is 11.7. The second-order valence-corrected chi connectivity index (χ2v) is 4.67. The molecule has 2 atom stereocenters. The third kappa shape index (κ3) is 6.61. The quantitative estimate of drug-likeness (QED) is 0.685. The number of nitrogens with one attached hydrogen (secondary N) is 1. The highest BCUT2D eigenvalue weighted by Crippen LogP contribution is 2.04. The van der Waals surface area contributed by atoms with Gasteiger partial charge in [0.05, 0.1) is 6.07 Å². The predicted molar refractivity (Wildman–Crippen MR) is 74.0 cm³/mol. The molecule has 0 bridgehead atoms. The van der Waals surface area contributed by atoms with Crippen LogP contribution in [0, 0.1) is 17.2 Å². The fourth-order valence-electron chi connectivity index (χ4n) is 1.91. The second-order valence-electron chi connectivity index (χ2n) is 4.67. The lowest BCUT2D eigenvalue weighted by Gasteiger charge is -2.20. The van der Waals surface area contributed by atoms with Gasteiger partial charge < -0.3 is 10.2 Å². The first kappa shape index (κ1) is 16.9. The van der Waals surface area contributed by atoms with Crippen molar-refractivity contribution in [2.75, 3.05) is 19.6 Å². The van der Waals surface area contributed by atoms with Crippen molar-refractivity contribution < 1.29 is 4.79 Å². The zero-order valence-electron chi connectivity index (χ0n) is 12.2. The molecule has 4 heteroatoms. The van der Waals surface area contributed by atoms with Gasteiger partial charge in [-0.15, -0.1) is 0 Å². The first-order valence-corrected chi connectivity index (χ1v) is 7.01. The molecule has 4 nitrogen and oxygen atoms in total. The van der Waals surface area contributed by atoms with Gasteiger partial charge in [0.15, 0.2) is 0 Å². The number of hydrogen-bond donors (Lipinski definition) is 1. The molecule has 0 aromatic carbocycles. The fourth-order valence-corrected chi connectivity index (χ4v) is 1.91. The highest BCUT2D eigenvalue weighted by Gasteiger charge is 2.17. The van der Waals surface area contributed by atoms with Crippen molar-refractivity contribution in [1.82, 2.24) is 10.2 Å². The average molecular weight is 253 g/mol. The maximum Gasteiger partial charge on any atom is 0.237 e. The van der Waals surface area contributed by atoms with Crippen LogP contribution in [0.15, 0.2) is 0 Å². The molecule has 0 fully saturated rings. The van der Waals surface area contributed by atoms with Gasteiger partial charge in [-0.1, -0.05) is 20.8 Å². The van der Waals surface area contributed by atoms with Gasteiger partial charge in [-0.3, -0.25) is 4.79 Å². The van der Waals surface area contributed by atoms with E-state index >= 15 is 0 Å². The van der Waals surface area contributed by atoms with Crippen LogP contribution in [0.25, 0.3) is 0 Å². The molecule has 0 spiro atoms. The summed E-state index contributed by atoms with van der Waals surface area (Å²) in [7, 11) is 0. The Morgan fingerprint density at radius 3 is 2.39 bits per heavy atom. The maximum atomic E-state index is 11.7. The molecule has 0 aromatic heterocycles. The Balaban J connectivity index is 3.87. The lowest BCUT2D eigenvalue weighted by atomic mass is 10.1. The number of amides is 1. The van der Waals surface area contributed by atoms with Gasteiger partial charge in [-0.2, -0.15) is 5.26 Å². The van der Waals surface area contributed by atoms with Crippen molar-refractivity contribution in [3.05, 3.63) is 0 Å². The SMILES string of the molecule is CCC(C#N)C(=O)NC(C)CCCN(CC)CC. The Hall–Kier alpha value is -1.08. The molecule has 0 saturated carbocycles. The third-order valence-corrected chi connectivity index (χ3v) is 3.28. The minimum atomic E-state index is -0.504. The molecule has 0 heterocycles. The van der Waals surface area contributed by atoms with Crippen molar-refractivity contribution >= 4 is 5.91 Å². The molecule has 0 radical (unpaired) electrons. The molecule has 0 rings (SSSR count). The van der Waals surface area contributed by atoms with Gasteiger partial charge >= 0.3 is 0 Å². The Bertz CT molecular complexity index is 269. The van der Waals surface area contributed by atoms with E-state index in [1.165, 1.54) is 0 Å². The van der Waals surface area contributed by atoms with Crippen LogP contribution in [-0.2, 0) is 4.79 Å². The lowest BCUT2D eigenvalue weighted by Crippen LogP contribution is -2.37. The van der Waals surface area contributed by atoms with Crippen LogP contribution in [-0.4, -0.2) is 36.5 Å². The molecule has 0 aliphatic heterocycles. The Labute approximate surface area is 111 Å². The molecule has 0 aliphatic rings. The summed E-state index contributed by atoms with van der Waals surface area (Å²) in [5.74, 6) is -0.634. The van der Waals surface area contributed by atoms with E-state index in [0.29, 0.717) is 6.42 Å². The van der Waals surface area contributed by atoms with E-state index in [-0.39, 0.29) is 11.9 Å². The van der Waals surface area contributed by atoms with E-state index in [4.69, 9.17) is 5.26 Å². The number of rotatable bonds is 9. The number of hydrogen-bond acceptors (Lipinski definition) is 3. The van der Waals surface area contributed by atoms with E-state index in [2.05, 4.69) is 24.1 Å². The second kappa shape index (κ2) is 9.90. The van der Waals surface area contributed by atoms with Crippen LogP contribution in [0.5, 0.6) is 0 Å². The van der Waals surface area contributed by atoms with E-state index in [9.17, 15) is 4.79 Å². The lowest BCUT2D eigenvalue weighted by molar-refractivity contribution is -0.124. The van der Waals surface area contributed by atoms with E-state index in [1.54, 1.807) is 0 Å². The first-order chi connectivity index (χ1) is 8.58. The third-order valence-electron chi connectivity index (χ3n) is 3.28. The molecule has 1 N–H and O–H groups in total. The van der Waals surface area contributed by atoms with Gasteiger partial charge in [0.1, 0.15) is 5.92 Å².